The minimum Gasteiger partial charge on any atom is -0.384 e. The molecule has 0 amide bonds. The van der Waals surface area contributed by atoms with E-state index in [1.54, 1.807) is 6.07 Å². The summed E-state index contributed by atoms with van der Waals surface area (Å²) in [6.07, 6.45) is 6.24. The van der Waals surface area contributed by atoms with E-state index >= 15 is 0 Å². The van der Waals surface area contributed by atoms with Gasteiger partial charge in [-0.05, 0) is 25.0 Å². The van der Waals surface area contributed by atoms with E-state index in [-0.39, 0.29) is 0 Å². The molecule has 0 aliphatic heterocycles. The van der Waals surface area contributed by atoms with Gasteiger partial charge in [-0.15, -0.1) is 10.2 Å². The summed E-state index contributed by atoms with van der Waals surface area (Å²) in [6.45, 7) is 0. The fourth-order valence-electron chi connectivity index (χ4n) is 2.92. The molecular weight excluding hydrogens is 284 g/mol. The third-order valence-electron chi connectivity index (χ3n) is 3.98. The maximum absolute atomic E-state index is 5.74. The topological polar surface area (TPSA) is 82.0 Å². The van der Waals surface area contributed by atoms with E-state index in [2.05, 4.69) is 20.3 Å². The van der Waals surface area contributed by atoms with Crippen molar-refractivity contribution in [2.24, 2.45) is 0 Å². The molecule has 3 aromatic rings. The molecule has 1 saturated carbocycles. The number of anilines is 1. The third-order valence-corrected chi connectivity index (χ3v) is 4.90. The number of rotatable bonds is 2. The Hall–Kier alpha value is -2.02. The number of fused-ring (bicyclic) bond motifs is 1. The van der Waals surface area contributed by atoms with Gasteiger partial charge >= 0.3 is 0 Å². The van der Waals surface area contributed by atoms with Crippen molar-refractivity contribution in [1.29, 1.82) is 0 Å². The molecule has 0 atom stereocenters. The van der Waals surface area contributed by atoms with Crippen molar-refractivity contribution < 1.29 is 0 Å². The molecule has 0 spiro atoms. The van der Waals surface area contributed by atoms with Crippen molar-refractivity contribution in [3.8, 4) is 10.7 Å². The molecule has 4 rings (SSSR count). The van der Waals surface area contributed by atoms with Gasteiger partial charge in [0.2, 0.25) is 4.96 Å². The largest absolute Gasteiger partial charge is 0.384 e. The molecule has 0 saturated heterocycles. The summed E-state index contributed by atoms with van der Waals surface area (Å²) in [5.41, 5.74) is 6.54. The molecule has 3 heterocycles. The molecule has 2 N–H and O–H groups in total. The standard InChI is InChI=1S/C14H16N6S/c15-11-8-4-7-10(16-11)13-19-20-12(17-18-14(20)21-13)9-5-2-1-3-6-9/h4,7-9H,1-3,5-6H2,(H2,15,16). The van der Waals surface area contributed by atoms with Gasteiger partial charge in [-0.25, -0.2) is 4.98 Å². The highest BCUT2D eigenvalue weighted by Crippen LogP contribution is 2.33. The zero-order valence-electron chi connectivity index (χ0n) is 11.6. The van der Waals surface area contributed by atoms with Crippen molar-refractivity contribution >= 4 is 22.1 Å². The van der Waals surface area contributed by atoms with Gasteiger partial charge in [0, 0.05) is 5.92 Å². The Morgan fingerprint density at radius 2 is 2.00 bits per heavy atom. The first kappa shape index (κ1) is 12.7. The van der Waals surface area contributed by atoms with Crippen LogP contribution in [0.25, 0.3) is 15.7 Å². The Bertz CT molecular complexity index is 771. The second-order valence-electron chi connectivity index (χ2n) is 5.44. The maximum Gasteiger partial charge on any atom is 0.235 e. The molecule has 1 aliphatic rings. The average molecular weight is 300 g/mol. The normalized spacial score (nSPS) is 16.6. The Morgan fingerprint density at radius 3 is 2.81 bits per heavy atom. The van der Waals surface area contributed by atoms with Gasteiger partial charge in [-0.3, -0.25) is 0 Å². The maximum atomic E-state index is 5.74. The molecule has 0 unspecified atom stereocenters. The van der Waals surface area contributed by atoms with E-state index < -0.39 is 0 Å². The van der Waals surface area contributed by atoms with Gasteiger partial charge < -0.3 is 5.73 Å². The quantitative estimate of drug-likeness (QED) is 0.787. The summed E-state index contributed by atoms with van der Waals surface area (Å²) in [4.78, 5) is 5.15. The molecule has 108 valence electrons. The minimum absolute atomic E-state index is 0.484. The fraction of sp³-hybridized carbons (Fsp3) is 0.429. The van der Waals surface area contributed by atoms with E-state index in [0.29, 0.717) is 11.7 Å². The molecular formula is C14H16N6S. The van der Waals surface area contributed by atoms with Crippen LogP contribution in [0.2, 0.25) is 0 Å². The van der Waals surface area contributed by atoms with Crippen LogP contribution in [0.4, 0.5) is 5.82 Å². The predicted molar refractivity (Wildman–Crippen MR) is 82.1 cm³/mol. The zero-order chi connectivity index (χ0) is 14.2. The SMILES string of the molecule is Nc1cccc(-c2nn3c(C4CCCCC4)nnc3s2)n1. The summed E-state index contributed by atoms with van der Waals surface area (Å²) in [7, 11) is 0. The molecule has 0 aromatic carbocycles. The number of nitrogens with zero attached hydrogens (tertiary/aromatic N) is 5. The van der Waals surface area contributed by atoms with Gasteiger partial charge in [-0.1, -0.05) is 36.7 Å². The summed E-state index contributed by atoms with van der Waals surface area (Å²) in [5, 5.41) is 14.1. The van der Waals surface area contributed by atoms with Crippen LogP contribution >= 0.6 is 11.3 Å². The highest BCUT2D eigenvalue weighted by molar-refractivity contribution is 7.19. The van der Waals surface area contributed by atoms with Gasteiger partial charge in [0.05, 0.1) is 0 Å². The smallest absolute Gasteiger partial charge is 0.235 e. The second kappa shape index (κ2) is 5.07. The highest BCUT2D eigenvalue weighted by Gasteiger charge is 2.23. The Morgan fingerprint density at radius 1 is 1.14 bits per heavy atom. The van der Waals surface area contributed by atoms with Gasteiger partial charge in [0.25, 0.3) is 0 Å². The average Bonchev–Trinajstić information content (AvgIpc) is 3.08. The van der Waals surface area contributed by atoms with Crippen LogP contribution in [0.3, 0.4) is 0 Å². The van der Waals surface area contributed by atoms with Crippen molar-refractivity contribution in [3.63, 3.8) is 0 Å². The molecule has 0 radical (unpaired) electrons. The van der Waals surface area contributed by atoms with Gasteiger partial charge in [-0.2, -0.15) is 9.61 Å². The van der Waals surface area contributed by atoms with Crippen LogP contribution in [0.15, 0.2) is 18.2 Å². The first-order valence-corrected chi connectivity index (χ1v) is 8.08. The zero-order valence-corrected chi connectivity index (χ0v) is 12.4. The van der Waals surface area contributed by atoms with Crippen LogP contribution in [0.5, 0.6) is 0 Å². The molecule has 3 aromatic heterocycles. The molecule has 6 nitrogen and oxygen atoms in total. The van der Waals surface area contributed by atoms with Crippen LogP contribution < -0.4 is 5.73 Å². The van der Waals surface area contributed by atoms with E-state index in [9.17, 15) is 0 Å². The Balaban J connectivity index is 1.75. The fourth-order valence-corrected chi connectivity index (χ4v) is 3.74. The lowest BCUT2D eigenvalue weighted by Gasteiger charge is -2.18. The molecule has 0 bridgehead atoms. The minimum atomic E-state index is 0.484. The summed E-state index contributed by atoms with van der Waals surface area (Å²) in [5.74, 6) is 1.99. The number of pyridine rings is 1. The Kier molecular flexibility index (Phi) is 3.07. The van der Waals surface area contributed by atoms with E-state index in [1.165, 1.54) is 43.4 Å². The van der Waals surface area contributed by atoms with Crippen LogP contribution in [0.1, 0.15) is 43.8 Å². The number of hydrogen-bond acceptors (Lipinski definition) is 6. The lowest BCUT2D eigenvalue weighted by atomic mass is 9.89. The van der Waals surface area contributed by atoms with Crippen LogP contribution in [-0.2, 0) is 0 Å². The number of nitrogen functional groups attached to an aromatic ring is 1. The van der Waals surface area contributed by atoms with Crippen molar-refractivity contribution in [3.05, 3.63) is 24.0 Å². The molecule has 7 heteroatoms. The van der Waals surface area contributed by atoms with Gasteiger partial charge in [0.1, 0.15) is 11.5 Å². The number of aromatic nitrogens is 5. The van der Waals surface area contributed by atoms with Crippen LogP contribution in [0, 0.1) is 0 Å². The molecule has 21 heavy (non-hydrogen) atoms. The second-order valence-corrected chi connectivity index (χ2v) is 6.40. The monoisotopic (exact) mass is 300 g/mol. The summed E-state index contributed by atoms with van der Waals surface area (Å²) >= 11 is 1.50. The van der Waals surface area contributed by atoms with Gasteiger partial charge in [0.15, 0.2) is 10.8 Å². The predicted octanol–water partition coefficient (Wildman–Crippen LogP) is 2.88. The number of hydrogen-bond donors (Lipinski definition) is 1. The number of nitrogens with two attached hydrogens (primary N) is 1. The van der Waals surface area contributed by atoms with Crippen LogP contribution in [-0.4, -0.2) is 24.8 Å². The lowest BCUT2D eigenvalue weighted by Crippen LogP contribution is -2.09. The first-order chi connectivity index (χ1) is 10.3. The third kappa shape index (κ3) is 2.27. The van der Waals surface area contributed by atoms with E-state index in [0.717, 1.165) is 21.5 Å². The van der Waals surface area contributed by atoms with Crippen molar-refractivity contribution in [2.45, 2.75) is 38.0 Å². The molecule has 1 aliphatic carbocycles. The van der Waals surface area contributed by atoms with Crippen molar-refractivity contribution in [2.75, 3.05) is 5.73 Å². The molecule has 1 fully saturated rings. The highest BCUT2D eigenvalue weighted by atomic mass is 32.1. The van der Waals surface area contributed by atoms with E-state index in [4.69, 9.17) is 5.73 Å². The van der Waals surface area contributed by atoms with Crippen molar-refractivity contribution in [1.82, 2.24) is 24.8 Å². The summed E-state index contributed by atoms with van der Waals surface area (Å²) in [6, 6.07) is 5.59. The summed E-state index contributed by atoms with van der Waals surface area (Å²) < 4.78 is 1.89. The van der Waals surface area contributed by atoms with E-state index in [1.807, 2.05) is 16.6 Å². The first-order valence-electron chi connectivity index (χ1n) is 7.26. The lowest BCUT2D eigenvalue weighted by molar-refractivity contribution is 0.423. The Labute approximate surface area is 126 Å².